The summed E-state index contributed by atoms with van der Waals surface area (Å²) in [6.07, 6.45) is 4.31. The van der Waals surface area contributed by atoms with Crippen LogP contribution in [0.25, 0.3) is 0 Å². The number of hydrogen-bond donors (Lipinski definition) is 1. The average molecular weight is 457 g/mol. The SMILES string of the molecule is Cc1ccc(C(=O)N2CCN(C3CCN(C(=O)C4=C(NC=O)C=C(Cl)CC4)C3)CC2)cc1. The van der Waals surface area contributed by atoms with Gasteiger partial charge in [0.1, 0.15) is 0 Å². The maximum Gasteiger partial charge on any atom is 0.253 e. The quantitative estimate of drug-likeness (QED) is 0.690. The summed E-state index contributed by atoms with van der Waals surface area (Å²) >= 11 is 6.09. The first-order valence-electron chi connectivity index (χ1n) is 11.1. The molecule has 3 amide bonds. The van der Waals surface area contributed by atoms with Crippen LogP contribution >= 0.6 is 11.6 Å². The molecule has 2 saturated heterocycles. The van der Waals surface area contributed by atoms with E-state index in [2.05, 4.69) is 10.2 Å². The van der Waals surface area contributed by atoms with Crippen LogP contribution in [0.1, 0.15) is 35.2 Å². The Kier molecular flexibility index (Phi) is 6.96. The van der Waals surface area contributed by atoms with Crippen molar-refractivity contribution in [1.82, 2.24) is 20.0 Å². The molecular formula is C24H29ClN4O3. The lowest BCUT2D eigenvalue weighted by Gasteiger charge is -2.38. The van der Waals surface area contributed by atoms with Crippen molar-refractivity contribution < 1.29 is 14.4 Å². The molecule has 2 aliphatic heterocycles. The Hall–Kier alpha value is -2.64. The van der Waals surface area contributed by atoms with Crippen molar-refractivity contribution in [3.8, 4) is 0 Å². The van der Waals surface area contributed by atoms with Crippen molar-refractivity contribution >= 4 is 29.8 Å². The molecule has 0 spiro atoms. The van der Waals surface area contributed by atoms with E-state index in [0.29, 0.717) is 67.8 Å². The molecule has 0 saturated carbocycles. The number of aryl methyl sites for hydroxylation is 1. The third-order valence-electron chi connectivity index (χ3n) is 6.58. The smallest absolute Gasteiger partial charge is 0.253 e. The van der Waals surface area contributed by atoms with Crippen LogP contribution in [0.3, 0.4) is 0 Å². The van der Waals surface area contributed by atoms with Gasteiger partial charge in [-0.05, 0) is 44.4 Å². The summed E-state index contributed by atoms with van der Waals surface area (Å²) in [6, 6.07) is 8.01. The molecule has 8 heteroatoms. The molecule has 2 fully saturated rings. The van der Waals surface area contributed by atoms with E-state index in [1.165, 1.54) is 0 Å². The number of nitrogens with one attached hydrogen (secondary N) is 1. The van der Waals surface area contributed by atoms with E-state index >= 15 is 0 Å². The fourth-order valence-corrected chi connectivity index (χ4v) is 4.90. The van der Waals surface area contributed by atoms with Crippen LogP contribution in [0.4, 0.5) is 0 Å². The summed E-state index contributed by atoms with van der Waals surface area (Å²) in [5.74, 6) is 0.0597. The lowest BCUT2D eigenvalue weighted by atomic mass is 10.0. The van der Waals surface area contributed by atoms with Gasteiger partial charge in [0.25, 0.3) is 11.8 Å². The van der Waals surface area contributed by atoms with Crippen LogP contribution in [0.2, 0.25) is 0 Å². The predicted octanol–water partition coefficient (Wildman–Crippen LogP) is 2.27. The van der Waals surface area contributed by atoms with Gasteiger partial charge >= 0.3 is 0 Å². The molecule has 4 rings (SSSR count). The van der Waals surface area contributed by atoms with Gasteiger partial charge in [-0.1, -0.05) is 29.3 Å². The first kappa shape index (κ1) is 22.6. The molecule has 32 heavy (non-hydrogen) atoms. The number of amides is 3. The first-order valence-corrected chi connectivity index (χ1v) is 11.5. The Balaban J connectivity index is 1.33. The molecule has 7 nitrogen and oxygen atoms in total. The molecule has 0 aromatic heterocycles. The molecule has 1 N–H and O–H groups in total. The molecule has 1 atom stereocenters. The Morgan fingerprint density at radius 3 is 2.41 bits per heavy atom. The highest BCUT2D eigenvalue weighted by Gasteiger charge is 2.34. The van der Waals surface area contributed by atoms with Gasteiger partial charge < -0.3 is 15.1 Å². The second-order valence-corrected chi connectivity index (χ2v) is 9.12. The Labute approximate surface area is 193 Å². The van der Waals surface area contributed by atoms with Crippen LogP contribution in [0, 0.1) is 6.92 Å². The molecule has 1 aromatic carbocycles. The normalized spacial score (nSPS) is 22.1. The predicted molar refractivity (Wildman–Crippen MR) is 123 cm³/mol. The summed E-state index contributed by atoms with van der Waals surface area (Å²) < 4.78 is 0. The zero-order chi connectivity index (χ0) is 22.7. The number of allylic oxidation sites excluding steroid dienone is 2. The number of hydrogen-bond acceptors (Lipinski definition) is 4. The van der Waals surface area contributed by atoms with Crippen LogP contribution in [0.5, 0.6) is 0 Å². The molecule has 1 aromatic rings. The highest BCUT2D eigenvalue weighted by Crippen LogP contribution is 2.28. The van der Waals surface area contributed by atoms with Crippen LogP contribution in [0.15, 0.2) is 46.6 Å². The van der Waals surface area contributed by atoms with Gasteiger partial charge in [-0.25, -0.2) is 0 Å². The van der Waals surface area contributed by atoms with Crippen LogP contribution < -0.4 is 5.32 Å². The summed E-state index contributed by atoms with van der Waals surface area (Å²) in [6.45, 7) is 6.38. The number of piperazine rings is 1. The molecule has 170 valence electrons. The highest BCUT2D eigenvalue weighted by atomic mass is 35.5. The third kappa shape index (κ3) is 4.89. The number of carbonyl (C=O) groups is 3. The lowest BCUT2D eigenvalue weighted by Crippen LogP contribution is -2.52. The van der Waals surface area contributed by atoms with E-state index in [9.17, 15) is 14.4 Å². The van der Waals surface area contributed by atoms with Gasteiger partial charge in [0.2, 0.25) is 6.41 Å². The minimum atomic E-state index is -0.0227. The van der Waals surface area contributed by atoms with Gasteiger partial charge in [-0.3, -0.25) is 19.3 Å². The molecular weight excluding hydrogens is 428 g/mol. The zero-order valence-corrected chi connectivity index (χ0v) is 19.1. The molecule has 2 heterocycles. The van der Waals surface area contributed by atoms with Crippen molar-refractivity contribution in [3.63, 3.8) is 0 Å². The Morgan fingerprint density at radius 2 is 1.72 bits per heavy atom. The molecule has 1 unspecified atom stereocenters. The topological polar surface area (TPSA) is 73.0 Å². The summed E-state index contributed by atoms with van der Waals surface area (Å²) in [7, 11) is 0. The summed E-state index contributed by atoms with van der Waals surface area (Å²) in [5.41, 5.74) is 3.00. The Morgan fingerprint density at radius 1 is 1.00 bits per heavy atom. The minimum Gasteiger partial charge on any atom is -0.337 e. The fraction of sp³-hybridized carbons (Fsp3) is 0.458. The van der Waals surface area contributed by atoms with Gasteiger partial charge in [-0.15, -0.1) is 0 Å². The van der Waals surface area contributed by atoms with Gasteiger partial charge in [-0.2, -0.15) is 0 Å². The fourth-order valence-electron chi connectivity index (χ4n) is 4.69. The molecule has 3 aliphatic rings. The van der Waals surface area contributed by atoms with Crippen molar-refractivity contribution in [2.24, 2.45) is 0 Å². The molecule has 0 bridgehead atoms. The summed E-state index contributed by atoms with van der Waals surface area (Å²) in [4.78, 5) is 43.0. The van der Waals surface area contributed by atoms with Gasteiger partial charge in [0.15, 0.2) is 0 Å². The number of likely N-dealkylation sites (tertiary alicyclic amines) is 1. The number of rotatable bonds is 5. The number of carbonyl (C=O) groups excluding carboxylic acids is 3. The van der Waals surface area contributed by atoms with E-state index in [4.69, 9.17) is 11.6 Å². The molecule has 0 radical (unpaired) electrons. The molecule has 1 aliphatic carbocycles. The monoisotopic (exact) mass is 456 g/mol. The van der Waals surface area contributed by atoms with E-state index in [-0.39, 0.29) is 11.8 Å². The number of benzene rings is 1. The first-order chi connectivity index (χ1) is 15.5. The largest absolute Gasteiger partial charge is 0.337 e. The maximum atomic E-state index is 13.1. The van der Waals surface area contributed by atoms with E-state index < -0.39 is 0 Å². The highest BCUT2D eigenvalue weighted by molar-refractivity contribution is 6.30. The lowest BCUT2D eigenvalue weighted by molar-refractivity contribution is -0.126. The van der Waals surface area contributed by atoms with E-state index in [0.717, 1.165) is 30.6 Å². The summed E-state index contributed by atoms with van der Waals surface area (Å²) in [5, 5.41) is 3.26. The van der Waals surface area contributed by atoms with Crippen molar-refractivity contribution in [1.29, 1.82) is 0 Å². The van der Waals surface area contributed by atoms with Crippen LogP contribution in [-0.4, -0.2) is 78.2 Å². The number of halogens is 1. The second-order valence-electron chi connectivity index (χ2n) is 8.63. The van der Waals surface area contributed by atoms with E-state index in [1.54, 1.807) is 6.08 Å². The van der Waals surface area contributed by atoms with Gasteiger partial charge in [0.05, 0.1) is 5.70 Å². The third-order valence-corrected chi connectivity index (χ3v) is 6.88. The van der Waals surface area contributed by atoms with Crippen molar-refractivity contribution in [2.75, 3.05) is 39.3 Å². The second kappa shape index (κ2) is 9.88. The van der Waals surface area contributed by atoms with Gasteiger partial charge in [0, 0.05) is 61.5 Å². The maximum absolute atomic E-state index is 13.1. The van der Waals surface area contributed by atoms with Crippen molar-refractivity contribution in [2.45, 2.75) is 32.2 Å². The average Bonchev–Trinajstić information content (AvgIpc) is 3.30. The standard InChI is InChI=1S/C24H29ClN4O3/c1-17-2-4-18(5-3-17)23(31)28-12-10-27(11-13-28)20-8-9-29(15-20)24(32)21-7-6-19(25)14-22(21)26-16-30/h2-5,14,16,20H,6-13,15H2,1H3,(H,26,30). The minimum absolute atomic E-state index is 0.0227. The zero-order valence-electron chi connectivity index (χ0n) is 18.3. The van der Waals surface area contributed by atoms with Crippen molar-refractivity contribution in [3.05, 3.63) is 57.8 Å². The number of nitrogens with zero attached hydrogens (tertiary/aromatic N) is 3. The van der Waals surface area contributed by atoms with E-state index in [1.807, 2.05) is 41.0 Å². The Bertz CT molecular complexity index is 948. The van der Waals surface area contributed by atoms with Crippen LogP contribution in [-0.2, 0) is 9.59 Å².